The Hall–Kier alpha value is -2.12. The molecule has 2 heterocycles. The van der Waals surface area contributed by atoms with Crippen molar-refractivity contribution in [1.29, 1.82) is 5.26 Å². The van der Waals surface area contributed by atoms with Gasteiger partial charge in [0.2, 0.25) is 0 Å². The predicted molar refractivity (Wildman–Crippen MR) is 81.4 cm³/mol. The summed E-state index contributed by atoms with van der Waals surface area (Å²) in [7, 11) is 0. The second kappa shape index (κ2) is 6.76. The molecule has 3 nitrogen and oxygen atoms in total. The number of furan rings is 1. The van der Waals surface area contributed by atoms with Crippen LogP contribution in [0, 0.1) is 17.1 Å². The summed E-state index contributed by atoms with van der Waals surface area (Å²) in [4.78, 5) is 2.29. The molecule has 3 rings (SSSR count). The molecule has 1 aliphatic rings. The number of nitriles is 1. The molecule has 0 bridgehead atoms. The highest BCUT2D eigenvalue weighted by Crippen LogP contribution is 2.32. The highest BCUT2D eigenvalue weighted by atomic mass is 19.1. The molecule has 1 aromatic heterocycles. The number of rotatable bonds is 3. The van der Waals surface area contributed by atoms with Crippen molar-refractivity contribution >= 4 is 0 Å². The van der Waals surface area contributed by atoms with Crippen LogP contribution in [0.25, 0.3) is 0 Å². The van der Waals surface area contributed by atoms with Crippen molar-refractivity contribution in [3.63, 3.8) is 0 Å². The molecule has 0 N–H and O–H groups in total. The fraction of sp³-hybridized carbons (Fsp3) is 0.389. The third-order valence-corrected chi connectivity index (χ3v) is 4.29. The van der Waals surface area contributed by atoms with Gasteiger partial charge in [-0.25, -0.2) is 4.39 Å². The number of likely N-dealkylation sites (tertiary alicyclic amines) is 1. The van der Waals surface area contributed by atoms with Crippen LogP contribution < -0.4 is 0 Å². The van der Waals surface area contributed by atoms with Crippen LogP contribution in [0.2, 0.25) is 0 Å². The first-order valence-electron chi connectivity index (χ1n) is 7.74. The van der Waals surface area contributed by atoms with Crippen LogP contribution in [-0.2, 0) is 6.54 Å². The molecule has 4 heteroatoms. The molecular formula is C18H19FN2O. The van der Waals surface area contributed by atoms with Gasteiger partial charge in [-0.2, -0.15) is 5.26 Å². The molecule has 0 saturated carbocycles. The van der Waals surface area contributed by atoms with E-state index >= 15 is 0 Å². The average molecular weight is 298 g/mol. The lowest BCUT2D eigenvalue weighted by Gasteiger charge is -2.28. The van der Waals surface area contributed by atoms with Gasteiger partial charge in [0.25, 0.3) is 0 Å². The molecule has 0 aliphatic carbocycles. The minimum atomic E-state index is -0.304. The van der Waals surface area contributed by atoms with Gasteiger partial charge in [0, 0.05) is 12.1 Å². The van der Waals surface area contributed by atoms with Crippen LogP contribution in [0.5, 0.6) is 0 Å². The monoisotopic (exact) mass is 298 g/mol. The van der Waals surface area contributed by atoms with E-state index in [0.29, 0.717) is 17.7 Å². The molecule has 22 heavy (non-hydrogen) atoms. The summed E-state index contributed by atoms with van der Waals surface area (Å²) in [6, 6.07) is 10.8. The Morgan fingerprint density at radius 3 is 2.91 bits per heavy atom. The maximum atomic E-state index is 14.2. The van der Waals surface area contributed by atoms with E-state index in [2.05, 4.69) is 4.90 Å². The molecular weight excluding hydrogens is 279 g/mol. The van der Waals surface area contributed by atoms with Gasteiger partial charge in [-0.3, -0.25) is 4.90 Å². The minimum absolute atomic E-state index is 0.201. The maximum Gasteiger partial charge on any atom is 0.129 e. The van der Waals surface area contributed by atoms with Crippen LogP contribution in [0.15, 0.2) is 41.0 Å². The van der Waals surface area contributed by atoms with Gasteiger partial charge < -0.3 is 4.42 Å². The number of halogens is 1. The predicted octanol–water partition coefficient (Wildman–Crippen LogP) is 4.41. The molecule has 2 aromatic rings. The standard InChI is InChI=1S/C18H19FN2O/c19-16-11-14(12-20)7-8-15(16)13-21-9-3-1-2-5-17(21)18-6-4-10-22-18/h4,6-8,10-11,17H,1-3,5,9,13H2. The van der Waals surface area contributed by atoms with E-state index in [4.69, 9.17) is 9.68 Å². The Labute approximate surface area is 130 Å². The van der Waals surface area contributed by atoms with Crippen LogP contribution in [0.3, 0.4) is 0 Å². The Bertz CT molecular complexity index is 660. The van der Waals surface area contributed by atoms with Gasteiger partial charge in [-0.15, -0.1) is 0 Å². The third-order valence-electron chi connectivity index (χ3n) is 4.29. The summed E-state index contributed by atoms with van der Waals surface area (Å²) in [5, 5.41) is 8.84. The largest absolute Gasteiger partial charge is 0.468 e. The average Bonchev–Trinajstić information content (AvgIpc) is 2.96. The van der Waals surface area contributed by atoms with Crippen molar-refractivity contribution in [3.8, 4) is 6.07 Å². The zero-order chi connectivity index (χ0) is 15.4. The lowest BCUT2D eigenvalue weighted by atomic mass is 10.1. The van der Waals surface area contributed by atoms with Crippen LogP contribution in [0.1, 0.15) is 48.6 Å². The minimum Gasteiger partial charge on any atom is -0.468 e. The lowest BCUT2D eigenvalue weighted by molar-refractivity contribution is 0.167. The van der Waals surface area contributed by atoms with Crippen molar-refractivity contribution in [2.45, 2.75) is 38.3 Å². The molecule has 0 amide bonds. The lowest BCUT2D eigenvalue weighted by Crippen LogP contribution is -2.28. The van der Waals surface area contributed by atoms with Crippen molar-refractivity contribution in [3.05, 3.63) is 59.3 Å². The molecule has 1 saturated heterocycles. The van der Waals surface area contributed by atoms with E-state index in [1.165, 1.54) is 12.5 Å². The van der Waals surface area contributed by atoms with E-state index < -0.39 is 0 Å². The molecule has 1 aromatic carbocycles. The smallest absolute Gasteiger partial charge is 0.129 e. The first-order chi connectivity index (χ1) is 10.8. The van der Waals surface area contributed by atoms with Crippen molar-refractivity contribution in [2.75, 3.05) is 6.54 Å². The van der Waals surface area contributed by atoms with Crippen molar-refractivity contribution in [2.24, 2.45) is 0 Å². The number of benzene rings is 1. The summed E-state index contributed by atoms with van der Waals surface area (Å²) < 4.78 is 19.7. The van der Waals surface area contributed by atoms with Gasteiger partial charge in [-0.1, -0.05) is 18.9 Å². The van der Waals surface area contributed by atoms with E-state index in [1.54, 1.807) is 18.4 Å². The summed E-state index contributed by atoms with van der Waals surface area (Å²) in [6.45, 7) is 1.48. The quantitative estimate of drug-likeness (QED) is 0.842. The van der Waals surface area contributed by atoms with Crippen molar-refractivity contribution in [1.82, 2.24) is 4.90 Å². The first-order valence-corrected chi connectivity index (χ1v) is 7.74. The highest BCUT2D eigenvalue weighted by Gasteiger charge is 2.25. The molecule has 0 spiro atoms. The van der Waals surface area contributed by atoms with Crippen LogP contribution in [-0.4, -0.2) is 11.4 Å². The van der Waals surface area contributed by atoms with Gasteiger partial charge in [-0.05, 0) is 43.7 Å². The third kappa shape index (κ3) is 3.20. The van der Waals surface area contributed by atoms with E-state index in [9.17, 15) is 4.39 Å². The maximum absolute atomic E-state index is 14.2. The van der Waals surface area contributed by atoms with E-state index in [0.717, 1.165) is 31.6 Å². The Kier molecular flexibility index (Phi) is 4.55. The summed E-state index contributed by atoms with van der Waals surface area (Å²) in [6.07, 6.45) is 6.21. The SMILES string of the molecule is N#Cc1ccc(CN2CCCCCC2c2ccco2)c(F)c1. The molecule has 1 aliphatic heterocycles. The van der Waals surface area contributed by atoms with Crippen LogP contribution in [0.4, 0.5) is 4.39 Å². The summed E-state index contributed by atoms with van der Waals surface area (Å²) in [5.74, 6) is 0.650. The van der Waals surface area contributed by atoms with Gasteiger partial charge in [0.15, 0.2) is 0 Å². The van der Waals surface area contributed by atoms with Gasteiger partial charge >= 0.3 is 0 Å². The Balaban J connectivity index is 1.83. The molecule has 1 fully saturated rings. The molecule has 0 radical (unpaired) electrons. The zero-order valence-electron chi connectivity index (χ0n) is 12.5. The second-order valence-electron chi connectivity index (χ2n) is 5.77. The first kappa shape index (κ1) is 14.8. The Morgan fingerprint density at radius 2 is 2.18 bits per heavy atom. The highest BCUT2D eigenvalue weighted by molar-refractivity contribution is 5.33. The van der Waals surface area contributed by atoms with E-state index in [1.807, 2.05) is 18.2 Å². The molecule has 1 unspecified atom stereocenters. The fourth-order valence-electron chi connectivity index (χ4n) is 3.12. The van der Waals surface area contributed by atoms with Crippen LogP contribution >= 0.6 is 0 Å². The fourth-order valence-corrected chi connectivity index (χ4v) is 3.12. The number of hydrogen-bond acceptors (Lipinski definition) is 3. The van der Waals surface area contributed by atoms with E-state index in [-0.39, 0.29) is 11.9 Å². The summed E-state index contributed by atoms with van der Waals surface area (Å²) in [5.41, 5.74) is 0.997. The second-order valence-corrected chi connectivity index (χ2v) is 5.77. The summed E-state index contributed by atoms with van der Waals surface area (Å²) >= 11 is 0. The number of nitrogens with zero attached hydrogens (tertiary/aromatic N) is 2. The topological polar surface area (TPSA) is 40.2 Å². The van der Waals surface area contributed by atoms with Gasteiger partial charge in [0.1, 0.15) is 11.6 Å². The normalized spacial score (nSPS) is 19.5. The molecule has 1 atom stereocenters. The Morgan fingerprint density at radius 1 is 1.27 bits per heavy atom. The molecule has 114 valence electrons. The van der Waals surface area contributed by atoms with Crippen molar-refractivity contribution < 1.29 is 8.81 Å². The number of hydrogen-bond donors (Lipinski definition) is 0. The van der Waals surface area contributed by atoms with Gasteiger partial charge in [0.05, 0.1) is 23.9 Å². The zero-order valence-corrected chi connectivity index (χ0v) is 12.5.